The van der Waals surface area contributed by atoms with Crippen LogP contribution in [0.5, 0.6) is 5.75 Å². The topological polar surface area (TPSA) is 73.6 Å². The average molecular weight is 260 g/mol. The summed E-state index contributed by atoms with van der Waals surface area (Å²) in [5.74, 6) is 0.324. The summed E-state index contributed by atoms with van der Waals surface area (Å²) in [6, 6.07) is 11.8. The predicted molar refractivity (Wildman–Crippen MR) is 72.5 cm³/mol. The number of hydrogen-bond acceptors (Lipinski definition) is 4. The molecule has 0 saturated carbocycles. The molecular weight excluding hydrogens is 244 g/mol. The highest BCUT2D eigenvalue weighted by atomic mass is 16.6. The van der Waals surface area contributed by atoms with Crippen LogP contribution in [0.1, 0.15) is 5.56 Å². The van der Waals surface area contributed by atoms with Crippen LogP contribution in [0.25, 0.3) is 10.8 Å². The zero-order chi connectivity index (χ0) is 13.7. The van der Waals surface area contributed by atoms with Crippen LogP contribution >= 0.6 is 0 Å². The lowest BCUT2D eigenvalue weighted by Gasteiger charge is -2.11. The maximum atomic E-state index is 10.5. The molecule has 0 spiro atoms. The lowest BCUT2D eigenvalue weighted by Crippen LogP contribution is -2.24. The van der Waals surface area contributed by atoms with Crippen molar-refractivity contribution in [1.29, 1.82) is 0 Å². The van der Waals surface area contributed by atoms with Crippen molar-refractivity contribution < 1.29 is 14.4 Å². The first-order chi connectivity index (χ1) is 9.22. The summed E-state index contributed by atoms with van der Waals surface area (Å²) in [4.78, 5) is 15.5. The summed E-state index contributed by atoms with van der Waals surface area (Å²) in [5, 5.41) is 2.12. The number of methoxy groups -OCH3 is 1. The summed E-state index contributed by atoms with van der Waals surface area (Å²) in [5.41, 5.74) is 8.76. The van der Waals surface area contributed by atoms with Crippen LogP contribution in [0, 0.1) is 0 Å². The lowest BCUT2D eigenvalue weighted by molar-refractivity contribution is -0.125. The van der Waals surface area contributed by atoms with Crippen molar-refractivity contribution in [2.75, 3.05) is 13.7 Å². The van der Waals surface area contributed by atoms with E-state index in [1.165, 1.54) is 0 Å². The Hall–Kier alpha value is -2.11. The fraction of sp³-hybridized carbons (Fsp3) is 0.214. The molecular formula is C14H16N2O3. The lowest BCUT2D eigenvalue weighted by atomic mass is 10.0. The minimum atomic E-state index is -0.507. The maximum absolute atomic E-state index is 10.5. The van der Waals surface area contributed by atoms with E-state index in [0.717, 1.165) is 22.1 Å². The van der Waals surface area contributed by atoms with Crippen molar-refractivity contribution in [3.63, 3.8) is 0 Å². The van der Waals surface area contributed by atoms with Crippen LogP contribution in [0.2, 0.25) is 0 Å². The second-order valence-electron chi connectivity index (χ2n) is 4.05. The molecule has 2 aromatic carbocycles. The number of carbonyl (C=O) groups excluding carboxylic acids is 1. The zero-order valence-electron chi connectivity index (χ0n) is 10.7. The van der Waals surface area contributed by atoms with Gasteiger partial charge >= 0.3 is 0 Å². The molecule has 0 aliphatic carbocycles. The number of rotatable bonds is 6. The first-order valence-corrected chi connectivity index (χ1v) is 5.90. The van der Waals surface area contributed by atoms with Crippen LogP contribution in [0.15, 0.2) is 36.4 Å². The fourth-order valence-corrected chi connectivity index (χ4v) is 1.92. The zero-order valence-corrected chi connectivity index (χ0v) is 10.7. The molecule has 0 saturated heterocycles. The molecule has 0 aromatic heterocycles. The number of fused-ring (bicyclic) bond motifs is 1. The Labute approximate surface area is 111 Å². The molecule has 3 N–H and O–H groups in total. The van der Waals surface area contributed by atoms with Gasteiger partial charge in [0.1, 0.15) is 12.4 Å². The van der Waals surface area contributed by atoms with E-state index < -0.39 is 5.91 Å². The van der Waals surface area contributed by atoms with Crippen molar-refractivity contribution in [2.45, 2.75) is 6.54 Å². The average Bonchev–Trinajstić information content (AvgIpc) is 2.43. The monoisotopic (exact) mass is 260 g/mol. The third kappa shape index (κ3) is 3.21. The third-order valence-electron chi connectivity index (χ3n) is 2.77. The molecule has 0 aliphatic heterocycles. The van der Waals surface area contributed by atoms with Gasteiger partial charge in [0, 0.05) is 11.9 Å². The second-order valence-corrected chi connectivity index (χ2v) is 4.05. The van der Waals surface area contributed by atoms with Crippen LogP contribution in [-0.2, 0) is 16.2 Å². The number of ether oxygens (including phenoxy) is 1. The Bertz CT molecular complexity index is 584. The largest absolute Gasteiger partial charge is 0.496 e. The van der Waals surface area contributed by atoms with Gasteiger partial charge in [-0.05, 0) is 17.0 Å². The molecule has 0 heterocycles. The highest BCUT2D eigenvalue weighted by molar-refractivity contribution is 5.91. The van der Waals surface area contributed by atoms with E-state index in [4.69, 9.17) is 15.3 Å². The summed E-state index contributed by atoms with van der Waals surface area (Å²) in [7, 11) is 1.65. The number of nitrogens with one attached hydrogen (secondary N) is 1. The van der Waals surface area contributed by atoms with E-state index in [-0.39, 0.29) is 6.61 Å². The quantitative estimate of drug-likeness (QED) is 0.607. The van der Waals surface area contributed by atoms with E-state index in [2.05, 4.69) is 5.48 Å². The number of hydroxylamine groups is 1. The van der Waals surface area contributed by atoms with Crippen LogP contribution in [0.3, 0.4) is 0 Å². The molecule has 5 heteroatoms. The first kappa shape index (κ1) is 13.3. The number of nitrogens with two attached hydrogens (primary N) is 1. The standard InChI is InChI=1S/C14H16N2O3/c1-18-13-7-6-10(8-16-19-9-14(15)17)11-4-2-3-5-12(11)13/h2-7,16H,8-9H2,1H3,(H2,15,17). The molecule has 19 heavy (non-hydrogen) atoms. The highest BCUT2D eigenvalue weighted by Crippen LogP contribution is 2.28. The Morgan fingerprint density at radius 1 is 1.21 bits per heavy atom. The van der Waals surface area contributed by atoms with Crippen molar-refractivity contribution in [2.24, 2.45) is 5.73 Å². The van der Waals surface area contributed by atoms with Crippen LogP contribution in [-0.4, -0.2) is 19.6 Å². The number of benzene rings is 2. The maximum Gasteiger partial charge on any atom is 0.245 e. The molecule has 0 aliphatic rings. The van der Waals surface area contributed by atoms with E-state index in [9.17, 15) is 4.79 Å². The Kier molecular flexibility index (Phi) is 4.33. The number of amides is 1. The van der Waals surface area contributed by atoms with Gasteiger partial charge in [-0.2, -0.15) is 5.48 Å². The van der Waals surface area contributed by atoms with Gasteiger partial charge in [0.2, 0.25) is 5.91 Å². The number of primary amides is 1. The van der Waals surface area contributed by atoms with Crippen molar-refractivity contribution in [1.82, 2.24) is 5.48 Å². The van der Waals surface area contributed by atoms with Gasteiger partial charge in [0.25, 0.3) is 0 Å². The van der Waals surface area contributed by atoms with E-state index in [1.807, 2.05) is 36.4 Å². The van der Waals surface area contributed by atoms with Crippen LogP contribution in [0.4, 0.5) is 0 Å². The SMILES string of the molecule is COc1ccc(CNOCC(N)=O)c2ccccc12. The molecule has 0 atom stereocenters. The predicted octanol–water partition coefficient (Wildman–Crippen LogP) is 1.35. The fourth-order valence-electron chi connectivity index (χ4n) is 1.92. The van der Waals surface area contributed by atoms with E-state index in [0.29, 0.717) is 6.54 Å². The van der Waals surface area contributed by atoms with Crippen molar-refractivity contribution >= 4 is 16.7 Å². The minimum Gasteiger partial charge on any atom is -0.496 e. The minimum absolute atomic E-state index is 0.145. The third-order valence-corrected chi connectivity index (χ3v) is 2.77. The molecule has 0 radical (unpaired) electrons. The molecule has 100 valence electrons. The van der Waals surface area contributed by atoms with Gasteiger partial charge in [0.05, 0.1) is 7.11 Å². The number of hydrogen-bond donors (Lipinski definition) is 2. The van der Waals surface area contributed by atoms with Gasteiger partial charge in [-0.15, -0.1) is 0 Å². The summed E-state index contributed by atoms with van der Waals surface area (Å²) in [6.07, 6.45) is 0. The van der Waals surface area contributed by atoms with Crippen LogP contribution < -0.4 is 16.0 Å². The summed E-state index contributed by atoms with van der Waals surface area (Å²) < 4.78 is 5.33. The van der Waals surface area contributed by atoms with Gasteiger partial charge in [-0.1, -0.05) is 30.3 Å². The molecule has 2 rings (SSSR count). The Morgan fingerprint density at radius 3 is 2.63 bits per heavy atom. The van der Waals surface area contributed by atoms with Gasteiger partial charge in [-0.3, -0.25) is 9.63 Å². The summed E-state index contributed by atoms with van der Waals surface area (Å²) in [6.45, 7) is 0.339. The molecule has 1 amide bonds. The van der Waals surface area contributed by atoms with Crippen molar-refractivity contribution in [3.8, 4) is 5.75 Å². The molecule has 0 bridgehead atoms. The molecule has 5 nitrogen and oxygen atoms in total. The Balaban J connectivity index is 2.17. The van der Waals surface area contributed by atoms with E-state index >= 15 is 0 Å². The number of carbonyl (C=O) groups is 1. The van der Waals surface area contributed by atoms with Crippen molar-refractivity contribution in [3.05, 3.63) is 42.0 Å². The first-order valence-electron chi connectivity index (χ1n) is 5.90. The second kappa shape index (κ2) is 6.17. The Morgan fingerprint density at radius 2 is 1.95 bits per heavy atom. The van der Waals surface area contributed by atoms with Gasteiger partial charge < -0.3 is 10.5 Å². The molecule has 0 fully saturated rings. The normalized spacial score (nSPS) is 10.6. The highest BCUT2D eigenvalue weighted by Gasteiger charge is 2.05. The smallest absolute Gasteiger partial charge is 0.245 e. The van der Waals surface area contributed by atoms with Gasteiger partial charge in [-0.25, -0.2) is 0 Å². The summed E-state index contributed by atoms with van der Waals surface area (Å²) >= 11 is 0. The van der Waals surface area contributed by atoms with Gasteiger partial charge in [0.15, 0.2) is 0 Å². The molecule has 2 aromatic rings. The van der Waals surface area contributed by atoms with E-state index in [1.54, 1.807) is 7.11 Å². The molecule has 0 unspecified atom stereocenters.